The number of H-pyrrole nitrogens is 1. The fourth-order valence-corrected chi connectivity index (χ4v) is 3.60. The van der Waals surface area contributed by atoms with E-state index in [1.165, 1.54) is 10.6 Å². The van der Waals surface area contributed by atoms with Crippen LogP contribution in [-0.2, 0) is 4.79 Å². The minimum Gasteiger partial charge on any atom is -0.339 e. The number of piperidine rings is 1. The molecule has 1 fully saturated rings. The lowest BCUT2D eigenvalue weighted by molar-refractivity contribution is -0.127. The number of hydrogen-bond donors (Lipinski definition) is 1. The second kappa shape index (κ2) is 7.64. The number of likely N-dealkylation sites (tertiary alicyclic amines) is 1. The maximum atomic E-state index is 12.8. The third kappa shape index (κ3) is 3.51. The van der Waals surface area contributed by atoms with Crippen molar-refractivity contribution in [2.75, 3.05) is 13.1 Å². The number of pyridine rings is 1. The number of aromatic amines is 1. The van der Waals surface area contributed by atoms with E-state index >= 15 is 0 Å². The first-order valence-corrected chi connectivity index (χ1v) is 9.24. The monoisotopic (exact) mass is 376 g/mol. The fourth-order valence-electron chi connectivity index (χ4n) is 3.60. The highest BCUT2D eigenvalue weighted by atomic mass is 16.2. The highest BCUT2D eigenvalue weighted by molar-refractivity contribution is 5.91. The molecule has 1 aliphatic heterocycles. The number of nitrogens with zero attached hydrogens (tertiary/aromatic N) is 3. The summed E-state index contributed by atoms with van der Waals surface area (Å²) in [6.07, 6.45) is 7.77. The van der Waals surface area contributed by atoms with Crippen LogP contribution in [0.4, 0.5) is 0 Å². The van der Waals surface area contributed by atoms with Gasteiger partial charge in [-0.05, 0) is 42.7 Å². The van der Waals surface area contributed by atoms with Gasteiger partial charge in [0.2, 0.25) is 5.91 Å². The van der Waals surface area contributed by atoms with Crippen LogP contribution in [0.1, 0.15) is 24.4 Å². The topological polar surface area (TPSA) is 88.1 Å². The lowest BCUT2D eigenvalue weighted by atomic mass is 10.0. The molecule has 0 bridgehead atoms. The molecule has 3 heterocycles. The minimum atomic E-state index is -0.398. The predicted molar refractivity (Wildman–Crippen MR) is 107 cm³/mol. The number of nitrogens with one attached hydrogen (secondary N) is 1. The molecule has 0 unspecified atom stereocenters. The van der Waals surface area contributed by atoms with Crippen molar-refractivity contribution in [3.63, 3.8) is 0 Å². The summed E-state index contributed by atoms with van der Waals surface area (Å²) in [6, 6.07) is 10.5. The van der Waals surface area contributed by atoms with E-state index in [1.54, 1.807) is 47.6 Å². The van der Waals surface area contributed by atoms with Crippen molar-refractivity contribution >= 4 is 22.9 Å². The third-order valence-corrected chi connectivity index (χ3v) is 5.08. The number of carbonyl (C=O) groups excluding carboxylic acids is 1. The van der Waals surface area contributed by atoms with Crippen LogP contribution in [0.3, 0.4) is 0 Å². The smallest absolute Gasteiger partial charge is 0.329 e. The molecule has 1 aliphatic rings. The first-order chi connectivity index (χ1) is 13.6. The Hall–Kier alpha value is -3.48. The molecule has 7 heteroatoms. The molecule has 0 radical (unpaired) electrons. The Morgan fingerprint density at radius 3 is 2.64 bits per heavy atom. The van der Waals surface area contributed by atoms with Gasteiger partial charge in [-0.1, -0.05) is 18.2 Å². The van der Waals surface area contributed by atoms with Gasteiger partial charge < -0.3 is 9.88 Å². The summed E-state index contributed by atoms with van der Waals surface area (Å²) in [6.45, 7) is 0.999. The molecule has 0 atom stereocenters. The zero-order chi connectivity index (χ0) is 19.5. The van der Waals surface area contributed by atoms with Gasteiger partial charge >= 0.3 is 5.69 Å². The Labute approximate surface area is 161 Å². The Kier molecular flexibility index (Phi) is 4.89. The number of aromatic nitrogens is 3. The average Bonchev–Trinajstić information content (AvgIpc) is 2.73. The summed E-state index contributed by atoms with van der Waals surface area (Å²) in [5.41, 5.74) is 0.729. The van der Waals surface area contributed by atoms with Crippen LogP contribution >= 0.6 is 0 Å². The summed E-state index contributed by atoms with van der Waals surface area (Å²) < 4.78 is 1.30. The summed E-state index contributed by atoms with van der Waals surface area (Å²) in [4.78, 5) is 46.1. The normalized spacial score (nSPS) is 15.4. The summed E-state index contributed by atoms with van der Waals surface area (Å²) in [7, 11) is 0. The van der Waals surface area contributed by atoms with Crippen LogP contribution in [0.2, 0.25) is 0 Å². The summed E-state index contributed by atoms with van der Waals surface area (Å²) in [5.74, 6) is -0.0814. The molecule has 28 heavy (non-hydrogen) atoms. The van der Waals surface area contributed by atoms with Crippen LogP contribution < -0.4 is 11.2 Å². The van der Waals surface area contributed by atoms with Crippen molar-refractivity contribution in [2.24, 2.45) is 0 Å². The van der Waals surface area contributed by atoms with Crippen molar-refractivity contribution in [2.45, 2.75) is 18.9 Å². The van der Waals surface area contributed by atoms with Crippen LogP contribution in [0.5, 0.6) is 0 Å². The molecule has 142 valence electrons. The number of para-hydroxylation sites is 1. The maximum absolute atomic E-state index is 12.8. The molecule has 1 aromatic carbocycles. The van der Waals surface area contributed by atoms with Gasteiger partial charge in [0.05, 0.1) is 10.9 Å². The Morgan fingerprint density at radius 2 is 1.89 bits per heavy atom. The van der Waals surface area contributed by atoms with Crippen molar-refractivity contribution in [3.8, 4) is 0 Å². The average molecular weight is 376 g/mol. The first-order valence-electron chi connectivity index (χ1n) is 9.24. The number of hydrogen-bond acceptors (Lipinski definition) is 4. The van der Waals surface area contributed by atoms with Crippen LogP contribution in [0, 0.1) is 0 Å². The standard InChI is InChI=1S/C21H20N4O3/c26-19(8-7-15-4-3-11-22-14-15)24-12-9-16(10-13-24)25-20(27)17-5-1-2-6-18(17)23-21(25)28/h1-8,11,14,16H,9-10,12-13H2,(H,23,28)/b8-7+. The Morgan fingerprint density at radius 1 is 1.11 bits per heavy atom. The van der Waals surface area contributed by atoms with E-state index in [0.29, 0.717) is 36.8 Å². The van der Waals surface area contributed by atoms with Crippen LogP contribution in [0.15, 0.2) is 64.5 Å². The van der Waals surface area contributed by atoms with Crippen molar-refractivity contribution < 1.29 is 4.79 Å². The molecule has 1 N–H and O–H groups in total. The zero-order valence-corrected chi connectivity index (χ0v) is 15.2. The summed E-state index contributed by atoms with van der Waals surface area (Å²) >= 11 is 0. The predicted octanol–water partition coefficient (Wildman–Crippen LogP) is 1.96. The van der Waals surface area contributed by atoms with Crippen molar-refractivity contribution in [3.05, 3.63) is 81.3 Å². The van der Waals surface area contributed by atoms with Gasteiger partial charge in [-0.2, -0.15) is 0 Å². The van der Waals surface area contributed by atoms with Gasteiger partial charge in [0.1, 0.15) is 0 Å². The largest absolute Gasteiger partial charge is 0.339 e. The maximum Gasteiger partial charge on any atom is 0.329 e. The van der Waals surface area contributed by atoms with E-state index in [1.807, 2.05) is 12.1 Å². The zero-order valence-electron chi connectivity index (χ0n) is 15.2. The molecule has 0 aliphatic carbocycles. The number of amides is 1. The first kappa shape index (κ1) is 17.9. The second-order valence-corrected chi connectivity index (χ2v) is 6.83. The van der Waals surface area contributed by atoms with Crippen LogP contribution in [-0.4, -0.2) is 38.4 Å². The molecule has 3 aromatic rings. The van der Waals surface area contributed by atoms with E-state index in [4.69, 9.17) is 0 Å². The molecule has 4 rings (SSSR count). The van der Waals surface area contributed by atoms with E-state index in [2.05, 4.69) is 9.97 Å². The minimum absolute atomic E-state index is 0.0814. The van der Waals surface area contributed by atoms with E-state index < -0.39 is 5.69 Å². The van der Waals surface area contributed by atoms with E-state index in [0.717, 1.165) is 5.56 Å². The van der Waals surface area contributed by atoms with Crippen molar-refractivity contribution in [1.82, 2.24) is 19.4 Å². The molecule has 0 saturated carbocycles. The SMILES string of the molecule is O=C(/C=C/c1cccnc1)N1CCC(n2c(=O)[nH]c3ccccc3c2=O)CC1. The number of fused-ring (bicyclic) bond motifs is 1. The van der Waals surface area contributed by atoms with Crippen molar-refractivity contribution in [1.29, 1.82) is 0 Å². The molecular formula is C21H20N4O3. The van der Waals surface area contributed by atoms with Crippen LogP contribution in [0.25, 0.3) is 17.0 Å². The van der Waals surface area contributed by atoms with Gasteiger partial charge in [0.25, 0.3) is 5.56 Å². The Balaban J connectivity index is 1.48. The second-order valence-electron chi connectivity index (χ2n) is 6.83. The van der Waals surface area contributed by atoms with Gasteiger partial charge in [-0.3, -0.25) is 19.1 Å². The quantitative estimate of drug-likeness (QED) is 0.708. The van der Waals surface area contributed by atoms with Gasteiger partial charge in [0.15, 0.2) is 0 Å². The van der Waals surface area contributed by atoms with E-state index in [9.17, 15) is 14.4 Å². The molecule has 2 aromatic heterocycles. The summed E-state index contributed by atoms with van der Waals surface area (Å²) in [5, 5.41) is 0.500. The third-order valence-electron chi connectivity index (χ3n) is 5.08. The van der Waals surface area contributed by atoms with Gasteiger partial charge in [-0.25, -0.2) is 4.79 Å². The number of benzene rings is 1. The lowest BCUT2D eigenvalue weighted by Crippen LogP contribution is -2.44. The molecule has 1 amide bonds. The molecule has 7 nitrogen and oxygen atoms in total. The molecule has 1 saturated heterocycles. The lowest BCUT2D eigenvalue weighted by Gasteiger charge is -2.31. The number of carbonyl (C=O) groups is 1. The van der Waals surface area contributed by atoms with Gasteiger partial charge in [-0.15, -0.1) is 0 Å². The van der Waals surface area contributed by atoms with Gasteiger partial charge in [0, 0.05) is 37.6 Å². The fraction of sp³-hybridized carbons (Fsp3) is 0.238. The highest BCUT2D eigenvalue weighted by Crippen LogP contribution is 2.20. The number of rotatable bonds is 3. The Bertz CT molecular complexity index is 1140. The highest BCUT2D eigenvalue weighted by Gasteiger charge is 2.25. The van der Waals surface area contributed by atoms with E-state index in [-0.39, 0.29) is 17.5 Å². The molecule has 0 spiro atoms. The molecular weight excluding hydrogens is 356 g/mol.